The molecule has 0 saturated carbocycles. The van der Waals surface area contributed by atoms with E-state index in [9.17, 15) is 9.59 Å². The molecular formula is C22H25N3O6. The molecule has 3 saturated heterocycles. The van der Waals surface area contributed by atoms with Gasteiger partial charge in [-0.25, -0.2) is 0 Å². The Hall–Kier alpha value is -2.62. The maximum Gasteiger partial charge on any atom is 0.234 e. The Kier molecular flexibility index (Phi) is 4.45. The van der Waals surface area contributed by atoms with E-state index < -0.39 is 17.4 Å². The molecule has 9 heteroatoms. The average molecular weight is 427 g/mol. The average Bonchev–Trinajstić information content (AvgIpc) is 3.54. The van der Waals surface area contributed by atoms with E-state index in [0.717, 1.165) is 38.5 Å². The third kappa shape index (κ3) is 3.02. The second kappa shape index (κ2) is 7.22. The summed E-state index contributed by atoms with van der Waals surface area (Å²) in [5.41, 5.74) is -0.0189. The smallest absolute Gasteiger partial charge is 0.234 e. The summed E-state index contributed by atoms with van der Waals surface area (Å²) in [4.78, 5) is 30.5. The molecule has 5 heterocycles. The molecule has 4 atom stereocenters. The maximum atomic E-state index is 13.4. The summed E-state index contributed by atoms with van der Waals surface area (Å²) >= 11 is 0. The van der Waals surface area contributed by atoms with Gasteiger partial charge in [-0.2, -0.15) is 0 Å². The Bertz CT molecular complexity index is 945. The molecule has 31 heavy (non-hydrogen) atoms. The van der Waals surface area contributed by atoms with Crippen LogP contribution in [-0.2, 0) is 19.1 Å². The number of rotatable bonds is 5. The lowest BCUT2D eigenvalue weighted by atomic mass is 9.77. The molecule has 0 aromatic heterocycles. The molecule has 1 aromatic rings. The molecule has 5 aliphatic rings. The molecule has 1 aromatic carbocycles. The molecule has 5 aliphatic heterocycles. The predicted octanol–water partition coefficient (Wildman–Crippen LogP) is 0.150. The lowest BCUT2D eigenvalue weighted by Crippen LogP contribution is -2.46. The summed E-state index contributed by atoms with van der Waals surface area (Å²) in [6.45, 7) is 5.10. The van der Waals surface area contributed by atoms with E-state index in [2.05, 4.69) is 10.2 Å². The first-order valence-electron chi connectivity index (χ1n) is 10.8. The molecule has 6 rings (SSSR count). The minimum absolute atomic E-state index is 0.0842. The molecule has 0 aliphatic carbocycles. The first-order chi connectivity index (χ1) is 15.1. The van der Waals surface area contributed by atoms with E-state index in [0.29, 0.717) is 24.6 Å². The quantitative estimate of drug-likeness (QED) is 0.669. The number of carbonyl (C=O) groups excluding carboxylic acids is 2. The van der Waals surface area contributed by atoms with Crippen molar-refractivity contribution in [2.45, 2.75) is 11.7 Å². The molecule has 1 N–H and O–H groups in total. The van der Waals surface area contributed by atoms with Gasteiger partial charge in [-0.05, 0) is 12.1 Å². The van der Waals surface area contributed by atoms with E-state index in [-0.39, 0.29) is 24.7 Å². The van der Waals surface area contributed by atoms with Gasteiger partial charge in [0.05, 0.1) is 37.7 Å². The Balaban J connectivity index is 1.17. The van der Waals surface area contributed by atoms with Crippen LogP contribution in [-0.4, -0.2) is 81.1 Å². The molecule has 2 amide bonds. The van der Waals surface area contributed by atoms with Gasteiger partial charge in [-0.3, -0.25) is 14.5 Å². The monoisotopic (exact) mass is 427 g/mol. The second-order valence-corrected chi connectivity index (χ2v) is 8.61. The fraction of sp³-hybridized carbons (Fsp3) is 0.545. The minimum Gasteiger partial charge on any atom is -0.454 e. The van der Waals surface area contributed by atoms with Crippen LogP contribution < -0.4 is 19.7 Å². The van der Waals surface area contributed by atoms with Gasteiger partial charge in [0.1, 0.15) is 5.60 Å². The number of benzene rings is 1. The highest BCUT2D eigenvalue weighted by Gasteiger charge is 2.67. The van der Waals surface area contributed by atoms with Crippen LogP contribution in [0.2, 0.25) is 0 Å². The third-order valence-electron chi connectivity index (χ3n) is 6.90. The van der Waals surface area contributed by atoms with Gasteiger partial charge < -0.3 is 29.2 Å². The summed E-state index contributed by atoms with van der Waals surface area (Å²) in [7, 11) is 0. The topological polar surface area (TPSA) is 89.6 Å². The molecule has 2 bridgehead atoms. The molecule has 3 unspecified atom stereocenters. The van der Waals surface area contributed by atoms with Crippen LogP contribution in [0.4, 0.5) is 5.69 Å². The van der Waals surface area contributed by atoms with Gasteiger partial charge in [-0.1, -0.05) is 12.2 Å². The van der Waals surface area contributed by atoms with Crippen molar-refractivity contribution in [3.63, 3.8) is 0 Å². The number of morpholine rings is 1. The lowest BCUT2D eigenvalue weighted by Gasteiger charge is -2.27. The van der Waals surface area contributed by atoms with Crippen molar-refractivity contribution in [3.8, 4) is 11.5 Å². The number of nitrogens with one attached hydrogen (secondary N) is 1. The number of hydrogen-bond donors (Lipinski definition) is 1. The minimum atomic E-state index is -0.746. The van der Waals surface area contributed by atoms with Crippen molar-refractivity contribution in [2.75, 3.05) is 57.6 Å². The Morgan fingerprint density at radius 3 is 2.90 bits per heavy atom. The van der Waals surface area contributed by atoms with Crippen molar-refractivity contribution in [2.24, 2.45) is 11.8 Å². The van der Waals surface area contributed by atoms with Crippen molar-refractivity contribution in [1.29, 1.82) is 0 Å². The normalized spacial score (nSPS) is 33.2. The number of ether oxygens (including phenoxy) is 4. The highest BCUT2D eigenvalue weighted by molar-refractivity contribution is 6.03. The number of nitrogens with zero attached hydrogens (tertiary/aromatic N) is 2. The van der Waals surface area contributed by atoms with Crippen molar-refractivity contribution >= 4 is 17.5 Å². The predicted molar refractivity (Wildman–Crippen MR) is 109 cm³/mol. The molecule has 164 valence electrons. The Labute approximate surface area is 179 Å². The Morgan fingerprint density at radius 1 is 1.19 bits per heavy atom. The fourth-order valence-electron chi connectivity index (χ4n) is 5.35. The molecule has 1 spiro atoms. The highest BCUT2D eigenvalue weighted by Crippen LogP contribution is 2.53. The van der Waals surface area contributed by atoms with Crippen LogP contribution in [0, 0.1) is 11.8 Å². The summed E-state index contributed by atoms with van der Waals surface area (Å²) in [6.07, 6.45) is 3.54. The third-order valence-corrected chi connectivity index (χ3v) is 6.90. The highest BCUT2D eigenvalue weighted by atomic mass is 16.7. The van der Waals surface area contributed by atoms with E-state index in [1.165, 1.54) is 0 Å². The molecule has 9 nitrogen and oxygen atoms in total. The van der Waals surface area contributed by atoms with E-state index in [4.69, 9.17) is 18.9 Å². The number of fused-ring (bicyclic) bond motifs is 2. The van der Waals surface area contributed by atoms with E-state index >= 15 is 0 Å². The van der Waals surface area contributed by atoms with Crippen molar-refractivity contribution in [3.05, 3.63) is 30.4 Å². The molecule has 0 radical (unpaired) electrons. The van der Waals surface area contributed by atoms with Gasteiger partial charge >= 0.3 is 0 Å². The van der Waals surface area contributed by atoms with Crippen molar-refractivity contribution in [1.82, 2.24) is 10.2 Å². The fourth-order valence-corrected chi connectivity index (χ4v) is 5.35. The summed E-state index contributed by atoms with van der Waals surface area (Å²) < 4.78 is 22.4. The number of anilines is 1. The first kappa shape index (κ1) is 19.1. The largest absolute Gasteiger partial charge is 0.454 e. The number of hydrogen-bond acceptors (Lipinski definition) is 7. The zero-order chi connectivity index (χ0) is 21.0. The molecule has 3 fully saturated rings. The van der Waals surface area contributed by atoms with Crippen LogP contribution in [0.1, 0.15) is 0 Å². The van der Waals surface area contributed by atoms with Gasteiger partial charge in [0, 0.05) is 37.9 Å². The van der Waals surface area contributed by atoms with Crippen LogP contribution >= 0.6 is 0 Å². The van der Waals surface area contributed by atoms with Crippen LogP contribution in [0.3, 0.4) is 0 Å². The second-order valence-electron chi connectivity index (χ2n) is 8.61. The van der Waals surface area contributed by atoms with E-state index in [1.54, 1.807) is 11.0 Å². The molecular weight excluding hydrogens is 402 g/mol. The van der Waals surface area contributed by atoms with Crippen LogP contribution in [0.5, 0.6) is 11.5 Å². The first-order valence-corrected chi connectivity index (χ1v) is 10.8. The SMILES string of the molecule is O=C(NCCN1CCOCC1)C1C2C=C[C@]3(CN(c4ccc5c(c4)OCO5)C(=O)C13)O2. The van der Waals surface area contributed by atoms with Crippen LogP contribution in [0.15, 0.2) is 30.4 Å². The number of amides is 2. The zero-order valence-electron chi connectivity index (χ0n) is 17.1. The standard InChI is InChI=1S/C22H25N3O6/c26-20(23-5-6-24-7-9-28-10-8-24)18-16-3-4-22(31-16)12-25(21(27)19(18)22)14-1-2-15-17(11-14)30-13-29-15/h1-4,11,16,18-19H,5-10,12-13H2,(H,23,26)/t16?,18?,19?,22-/m1/s1. The van der Waals surface area contributed by atoms with Gasteiger partial charge in [-0.15, -0.1) is 0 Å². The maximum absolute atomic E-state index is 13.4. The lowest BCUT2D eigenvalue weighted by molar-refractivity contribution is -0.132. The van der Waals surface area contributed by atoms with Gasteiger partial charge in [0.2, 0.25) is 18.6 Å². The van der Waals surface area contributed by atoms with Gasteiger partial charge in [0.25, 0.3) is 0 Å². The van der Waals surface area contributed by atoms with E-state index in [1.807, 2.05) is 24.3 Å². The summed E-state index contributed by atoms with van der Waals surface area (Å²) in [6, 6.07) is 5.46. The zero-order valence-corrected chi connectivity index (χ0v) is 17.1. The van der Waals surface area contributed by atoms with Crippen molar-refractivity contribution < 1.29 is 28.5 Å². The van der Waals surface area contributed by atoms with Crippen LogP contribution in [0.25, 0.3) is 0 Å². The summed E-state index contributed by atoms with van der Waals surface area (Å²) in [5, 5.41) is 3.03. The number of carbonyl (C=O) groups is 2. The van der Waals surface area contributed by atoms with Gasteiger partial charge in [0.15, 0.2) is 11.5 Å². The Morgan fingerprint density at radius 2 is 2.03 bits per heavy atom. The summed E-state index contributed by atoms with van der Waals surface area (Å²) in [5.74, 6) is 0.0632.